The first kappa shape index (κ1) is 21.0. The molecule has 1 N–H and O–H groups in total. The van der Waals surface area contributed by atoms with E-state index in [0.717, 1.165) is 53.8 Å². The van der Waals surface area contributed by atoms with Crippen molar-refractivity contribution in [3.8, 4) is 0 Å². The van der Waals surface area contributed by atoms with Gasteiger partial charge in [0.05, 0.1) is 19.2 Å². The molecule has 1 aromatic carbocycles. The summed E-state index contributed by atoms with van der Waals surface area (Å²) in [5.74, 6) is 0.782. The minimum atomic E-state index is -0.0572. The van der Waals surface area contributed by atoms with Crippen LogP contribution in [0.4, 0.5) is 0 Å². The van der Waals surface area contributed by atoms with Gasteiger partial charge in [0.1, 0.15) is 0 Å². The number of fused-ring (bicyclic) bond motifs is 1. The van der Waals surface area contributed by atoms with Crippen molar-refractivity contribution < 1.29 is 4.74 Å². The molecule has 1 aliphatic rings. The van der Waals surface area contributed by atoms with Gasteiger partial charge in [-0.15, -0.1) is 16.4 Å². The van der Waals surface area contributed by atoms with Crippen LogP contribution in [0.3, 0.4) is 0 Å². The van der Waals surface area contributed by atoms with Gasteiger partial charge < -0.3 is 9.72 Å². The topological polar surface area (TPSA) is 88.9 Å². The molecule has 166 valence electrons. The number of nitrogens with one attached hydrogen (secondary N) is 1. The first-order valence-corrected chi connectivity index (χ1v) is 11.8. The molecule has 9 heteroatoms. The van der Waals surface area contributed by atoms with Gasteiger partial charge in [-0.25, -0.2) is 4.68 Å². The fraction of sp³-hybridized carbons (Fsp3) is 0.391. The molecule has 0 amide bonds. The second-order valence-corrected chi connectivity index (χ2v) is 9.38. The van der Waals surface area contributed by atoms with Gasteiger partial charge in [0.25, 0.3) is 5.56 Å². The number of nitrogens with zero attached hydrogens (tertiary/aromatic N) is 5. The van der Waals surface area contributed by atoms with Crippen LogP contribution in [-0.2, 0) is 30.9 Å². The maximum atomic E-state index is 12.8. The third-order valence-electron chi connectivity index (χ3n) is 5.80. The summed E-state index contributed by atoms with van der Waals surface area (Å²) < 4.78 is 7.60. The quantitative estimate of drug-likeness (QED) is 0.443. The Morgan fingerprint density at radius 1 is 1.25 bits per heavy atom. The smallest absolute Gasteiger partial charge is 0.252 e. The van der Waals surface area contributed by atoms with Crippen molar-refractivity contribution in [3.05, 3.63) is 74.0 Å². The zero-order valence-corrected chi connectivity index (χ0v) is 18.8. The lowest BCUT2D eigenvalue weighted by atomic mass is 10.1. The predicted molar refractivity (Wildman–Crippen MR) is 123 cm³/mol. The van der Waals surface area contributed by atoms with E-state index in [-0.39, 0.29) is 11.7 Å². The molecule has 1 atom stereocenters. The van der Waals surface area contributed by atoms with Crippen LogP contribution >= 0.6 is 11.3 Å². The average molecular weight is 451 g/mol. The third-order valence-corrected chi connectivity index (χ3v) is 6.66. The van der Waals surface area contributed by atoms with Gasteiger partial charge in [0, 0.05) is 35.7 Å². The number of H-pyrrole nitrogens is 1. The van der Waals surface area contributed by atoms with Gasteiger partial charge in [-0.3, -0.25) is 9.69 Å². The number of ether oxygens (including phenoxy) is 1. The monoisotopic (exact) mass is 450 g/mol. The maximum absolute atomic E-state index is 12.8. The van der Waals surface area contributed by atoms with E-state index in [1.165, 1.54) is 4.88 Å². The molecule has 0 unspecified atom stereocenters. The molecule has 4 aromatic rings. The summed E-state index contributed by atoms with van der Waals surface area (Å²) in [5.41, 5.74) is 2.66. The Morgan fingerprint density at radius 3 is 3.00 bits per heavy atom. The molecule has 3 aromatic heterocycles. The summed E-state index contributed by atoms with van der Waals surface area (Å²) in [6.45, 7) is 5.25. The van der Waals surface area contributed by atoms with Crippen molar-refractivity contribution in [1.82, 2.24) is 30.1 Å². The van der Waals surface area contributed by atoms with E-state index in [2.05, 4.69) is 49.0 Å². The van der Waals surface area contributed by atoms with Gasteiger partial charge in [0.2, 0.25) is 0 Å². The Bertz CT molecular complexity index is 1240. The van der Waals surface area contributed by atoms with Gasteiger partial charge in [-0.2, -0.15) is 0 Å². The fourth-order valence-electron chi connectivity index (χ4n) is 4.17. The maximum Gasteiger partial charge on any atom is 0.252 e. The number of thiophene rings is 1. The number of hydrogen-bond donors (Lipinski definition) is 1. The molecule has 8 nitrogen and oxygen atoms in total. The van der Waals surface area contributed by atoms with Crippen LogP contribution < -0.4 is 5.56 Å². The molecule has 0 radical (unpaired) electrons. The van der Waals surface area contributed by atoms with Crippen LogP contribution in [-0.4, -0.2) is 42.8 Å². The number of aromatic nitrogens is 5. The molecular formula is C23H26N6O2S. The zero-order valence-electron chi connectivity index (χ0n) is 18.0. The van der Waals surface area contributed by atoms with Crippen LogP contribution in [0.5, 0.6) is 0 Å². The van der Waals surface area contributed by atoms with Gasteiger partial charge in [-0.1, -0.05) is 18.2 Å². The van der Waals surface area contributed by atoms with E-state index >= 15 is 0 Å². The molecule has 0 spiro atoms. The molecular weight excluding hydrogens is 424 g/mol. The van der Waals surface area contributed by atoms with E-state index in [4.69, 9.17) is 4.74 Å². The van der Waals surface area contributed by atoms with Crippen LogP contribution in [0, 0.1) is 6.92 Å². The summed E-state index contributed by atoms with van der Waals surface area (Å²) in [6.07, 6.45) is 2.27. The van der Waals surface area contributed by atoms with Gasteiger partial charge >= 0.3 is 0 Å². The molecule has 1 aliphatic heterocycles. The first-order chi connectivity index (χ1) is 15.6. The Kier molecular flexibility index (Phi) is 6.11. The number of pyridine rings is 1. The van der Waals surface area contributed by atoms with E-state index < -0.39 is 0 Å². The largest absolute Gasteiger partial charge is 0.376 e. The zero-order chi connectivity index (χ0) is 21.9. The SMILES string of the molecule is Cc1ccc2cc(CN(Cc3cccs3)Cc3nnnn3C[C@H]3CCCO3)c(=O)[nH]c2c1. The molecule has 0 bridgehead atoms. The van der Waals surface area contributed by atoms with Crippen molar-refractivity contribution in [2.24, 2.45) is 0 Å². The van der Waals surface area contributed by atoms with Crippen molar-refractivity contribution in [1.29, 1.82) is 0 Å². The molecule has 1 saturated heterocycles. The number of tetrazole rings is 1. The standard InChI is InChI=1S/C23H26N6O2S/c1-16-6-7-17-11-18(23(30)24-21(17)10-16)12-28(14-20-5-3-9-32-20)15-22-25-26-27-29(22)13-19-4-2-8-31-19/h3,5-7,9-11,19H,2,4,8,12-15H2,1H3,(H,24,30)/t19-/m1/s1. The van der Waals surface area contributed by atoms with Crippen LogP contribution in [0.2, 0.25) is 0 Å². The second-order valence-electron chi connectivity index (χ2n) is 8.35. The fourth-order valence-corrected chi connectivity index (χ4v) is 4.91. The number of aromatic amines is 1. The molecule has 5 rings (SSSR count). The van der Waals surface area contributed by atoms with Gasteiger partial charge in [-0.05, 0) is 64.7 Å². The van der Waals surface area contributed by atoms with Crippen molar-refractivity contribution in [2.45, 2.75) is 52.0 Å². The number of rotatable bonds is 8. The Morgan fingerprint density at radius 2 is 2.19 bits per heavy atom. The summed E-state index contributed by atoms with van der Waals surface area (Å²) in [6, 6.07) is 12.3. The Hall–Kier alpha value is -2.88. The normalized spacial score (nSPS) is 16.4. The van der Waals surface area contributed by atoms with Crippen molar-refractivity contribution in [2.75, 3.05) is 6.61 Å². The summed E-state index contributed by atoms with van der Waals surface area (Å²) >= 11 is 1.71. The molecule has 1 fully saturated rings. The molecule has 0 aliphatic carbocycles. The number of aryl methyl sites for hydroxylation is 1. The Labute approximate surface area is 189 Å². The second kappa shape index (κ2) is 9.32. The molecule has 4 heterocycles. The third kappa shape index (κ3) is 4.79. The highest BCUT2D eigenvalue weighted by atomic mass is 32.1. The minimum Gasteiger partial charge on any atom is -0.376 e. The van der Waals surface area contributed by atoms with E-state index in [1.807, 2.05) is 29.8 Å². The minimum absolute atomic E-state index is 0.0572. The first-order valence-electron chi connectivity index (χ1n) is 10.9. The van der Waals surface area contributed by atoms with Crippen LogP contribution in [0.1, 0.15) is 34.7 Å². The van der Waals surface area contributed by atoms with E-state index in [0.29, 0.717) is 19.6 Å². The van der Waals surface area contributed by atoms with Crippen LogP contribution in [0.15, 0.2) is 46.6 Å². The van der Waals surface area contributed by atoms with Crippen LogP contribution in [0.25, 0.3) is 10.9 Å². The van der Waals surface area contributed by atoms with E-state index in [1.54, 1.807) is 11.3 Å². The number of hydrogen-bond acceptors (Lipinski definition) is 7. The van der Waals surface area contributed by atoms with Gasteiger partial charge in [0.15, 0.2) is 5.82 Å². The average Bonchev–Trinajstić information content (AvgIpc) is 3.54. The Balaban J connectivity index is 1.40. The highest BCUT2D eigenvalue weighted by Crippen LogP contribution is 2.19. The number of benzene rings is 1. The lowest BCUT2D eigenvalue weighted by Crippen LogP contribution is -2.28. The van der Waals surface area contributed by atoms with Crippen molar-refractivity contribution in [3.63, 3.8) is 0 Å². The summed E-state index contributed by atoms with van der Waals surface area (Å²) in [7, 11) is 0. The highest BCUT2D eigenvalue weighted by Gasteiger charge is 2.21. The predicted octanol–water partition coefficient (Wildman–Crippen LogP) is 3.27. The molecule has 0 saturated carbocycles. The lowest BCUT2D eigenvalue weighted by molar-refractivity contribution is 0.0915. The lowest BCUT2D eigenvalue weighted by Gasteiger charge is -2.21. The highest BCUT2D eigenvalue weighted by molar-refractivity contribution is 7.09. The molecule has 32 heavy (non-hydrogen) atoms. The van der Waals surface area contributed by atoms with E-state index in [9.17, 15) is 4.79 Å². The summed E-state index contributed by atoms with van der Waals surface area (Å²) in [4.78, 5) is 19.3. The van der Waals surface area contributed by atoms with Crippen molar-refractivity contribution >= 4 is 22.2 Å². The summed E-state index contributed by atoms with van der Waals surface area (Å²) in [5, 5.41) is 15.5.